The molecule has 104 valence electrons. The SMILES string of the molecule is Nc1cc(Cl)ccc1NC(=O)CSc1ccc(Cl)cc1. The van der Waals surface area contributed by atoms with Crippen molar-refractivity contribution < 1.29 is 4.79 Å². The maximum absolute atomic E-state index is 11.8. The van der Waals surface area contributed by atoms with Crippen LogP contribution in [0, 0.1) is 0 Å². The first-order valence-electron chi connectivity index (χ1n) is 5.78. The van der Waals surface area contributed by atoms with Crippen LogP contribution in [0.1, 0.15) is 0 Å². The van der Waals surface area contributed by atoms with Crippen LogP contribution in [-0.4, -0.2) is 11.7 Å². The van der Waals surface area contributed by atoms with Gasteiger partial charge in [-0.2, -0.15) is 0 Å². The molecule has 0 fully saturated rings. The quantitative estimate of drug-likeness (QED) is 0.650. The maximum Gasteiger partial charge on any atom is 0.234 e. The third kappa shape index (κ3) is 4.34. The lowest BCUT2D eigenvalue weighted by Crippen LogP contribution is -2.15. The van der Waals surface area contributed by atoms with E-state index < -0.39 is 0 Å². The summed E-state index contributed by atoms with van der Waals surface area (Å²) in [5, 5.41) is 3.96. The molecule has 1 amide bonds. The number of carbonyl (C=O) groups excluding carboxylic acids is 1. The van der Waals surface area contributed by atoms with E-state index in [9.17, 15) is 4.79 Å². The first-order chi connectivity index (χ1) is 9.54. The van der Waals surface area contributed by atoms with E-state index in [1.165, 1.54) is 11.8 Å². The molecule has 2 aromatic carbocycles. The van der Waals surface area contributed by atoms with Crippen LogP contribution in [0.2, 0.25) is 10.0 Å². The van der Waals surface area contributed by atoms with Gasteiger partial charge in [-0.05, 0) is 42.5 Å². The van der Waals surface area contributed by atoms with E-state index in [4.69, 9.17) is 28.9 Å². The number of halogens is 2. The predicted octanol–water partition coefficient (Wildman–Crippen LogP) is 4.31. The van der Waals surface area contributed by atoms with Crippen molar-refractivity contribution in [3.63, 3.8) is 0 Å². The molecule has 0 aromatic heterocycles. The molecular formula is C14H12Cl2N2OS. The minimum atomic E-state index is -0.126. The van der Waals surface area contributed by atoms with E-state index >= 15 is 0 Å². The minimum Gasteiger partial charge on any atom is -0.397 e. The molecule has 0 bridgehead atoms. The second kappa shape index (κ2) is 6.88. The van der Waals surface area contributed by atoms with E-state index in [1.807, 2.05) is 12.1 Å². The normalized spacial score (nSPS) is 10.3. The molecule has 3 nitrogen and oxygen atoms in total. The zero-order valence-corrected chi connectivity index (χ0v) is 12.7. The van der Waals surface area contributed by atoms with Crippen LogP contribution in [-0.2, 0) is 4.79 Å². The summed E-state index contributed by atoms with van der Waals surface area (Å²) in [5.74, 6) is 0.169. The van der Waals surface area contributed by atoms with Crippen LogP contribution in [0.15, 0.2) is 47.4 Å². The van der Waals surface area contributed by atoms with E-state index in [0.717, 1.165) is 4.90 Å². The second-order valence-electron chi connectivity index (χ2n) is 4.02. The summed E-state index contributed by atoms with van der Waals surface area (Å²) in [4.78, 5) is 12.8. The van der Waals surface area contributed by atoms with Gasteiger partial charge >= 0.3 is 0 Å². The molecule has 0 aliphatic heterocycles. The van der Waals surface area contributed by atoms with Crippen molar-refractivity contribution in [1.82, 2.24) is 0 Å². The van der Waals surface area contributed by atoms with Gasteiger partial charge in [0.2, 0.25) is 5.91 Å². The first kappa shape index (κ1) is 15.0. The number of hydrogen-bond donors (Lipinski definition) is 2. The Morgan fingerprint density at radius 1 is 1.10 bits per heavy atom. The van der Waals surface area contributed by atoms with Crippen LogP contribution < -0.4 is 11.1 Å². The third-order valence-electron chi connectivity index (χ3n) is 2.47. The highest BCUT2D eigenvalue weighted by atomic mass is 35.5. The average Bonchev–Trinajstić information content (AvgIpc) is 2.41. The number of nitrogens with two attached hydrogens (primary N) is 1. The number of carbonyl (C=O) groups is 1. The number of benzene rings is 2. The Morgan fingerprint density at radius 3 is 2.40 bits per heavy atom. The molecular weight excluding hydrogens is 315 g/mol. The van der Waals surface area contributed by atoms with E-state index in [1.54, 1.807) is 30.3 Å². The lowest BCUT2D eigenvalue weighted by atomic mass is 10.2. The highest BCUT2D eigenvalue weighted by Crippen LogP contribution is 2.24. The minimum absolute atomic E-state index is 0.126. The summed E-state index contributed by atoms with van der Waals surface area (Å²) in [7, 11) is 0. The van der Waals surface area contributed by atoms with Crippen molar-refractivity contribution in [3.8, 4) is 0 Å². The Hall–Kier alpha value is -1.36. The summed E-state index contributed by atoms with van der Waals surface area (Å²) in [6.07, 6.45) is 0. The summed E-state index contributed by atoms with van der Waals surface area (Å²) >= 11 is 13.0. The van der Waals surface area contributed by atoms with Gasteiger partial charge in [-0.1, -0.05) is 23.2 Å². The van der Waals surface area contributed by atoms with Crippen LogP contribution >= 0.6 is 35.0 Å². The zero-order chi connectivity index (χ0) is 14.5. The van der Waals surface area contributed by atoms with Crippen LogP contribution in [0.4, 0.5) is 11.4 Å². The van der Waals surface area contributed by atoms with Gasteiger partial charge in [0.15, 0.2) is 0 Å². The number of rotatable bonds is 4. The zero-order valence-electron chi connectivity index (χ0n) is 10.4. The molecule has 0 saturated carbocycles. The molecule has 3 N–H and O–H groups in total. The smallest absolute Gasteiger partial charge is 0.234 e. The van der Waals surface area contributed by atoms with Crippen molar-refractivity contribution in [3.05, 3.63) is 52.5 Å². The first-order valence-corrected chi connectivity index (χ1v) is 7.52. The van der Waals surface area contributed by atoms with Gasteiger partial charge in [0.1, 0.15) is 0 Å². The molecule has 2 rings (SSSR count). The Morgan fingerprint density at radius 2 is 1.75 bits per heavy atom. The molecule has 0 heterocycles. The van der Waals surface area contributed by atoms with Gasteiger partial charge < -0.3 is 11.1 Å². The predicted molar refractivity (Wildman–Crippen MR) is 86.7 cm³/mol. The molecule has 20 heavy (non-hydrogen) atoms. The molecule has 0 atom stereocenters. The number of nitrogens with one attached hydrogen (secondary N) is 1. The summed E-state index contributed by atoms with van der Waals surface area (Å²) in [6, 6.07) is 12.3. The molecule has 0 aliphatic rings. The second-order valence-corrected chi connectivity index (χ2v) is 5.94. The largest absolute Gasteiger partial charge is 0.397 e. The van der Waals surface area contributed by atoms with Gasteiger partial charge in [-0.15, -0.1) is 11.8 Å². The third-order valence-corrected chi connectivity index (χ3v) is 3.97. The lowest BCUT2D eigenvalue weighted by molar-refractivity contribution is -0.113. The Balaban J connectivity index is 1.90. The average molecular weight is 327 g/mol. The summed E-state index contributed by atoms with van der Waals surface area (Å²) in [6.45, 7) is 0. The molecule has 2 aromatic rings. The van der Waals surface area contributed by atoms with Crippen LogP contribution in [0.25, 0.3) is 0 Å². The van der Waals surface area contributed by atoms with Crippen molar-refractivity contribution in [1.29, 1.82) is 0 Å². The van der Waals surface area contributed by atoms with Gasteiger partial charge in [-0.3, -0.25) is 4.79 Å². The van der Waals surface area contributed by atoms with E-state index in [-0.39, 0.29) is 5.91 Å². The number of nitrogen functional groups attached to an aromatic ring is 1. The monoisotopic (exact) mass is 326 g/mol. The fourth-order valence-corrected chi connectivity index (χ4v) is 2.52. The fraction of sp³-hybridized carbons (Fsp3) is 0.0714. The number of anilines is 2. The van der Waals surface area contributed by atoms with Crippen molar-refractivity contribution in [2.75, 3.05) is 16.8 Å². The summed E-state index contributed by atoms with van der Waals surface area (Å²) in [5.41, 5.74) is 6.79. The molecule has 6 heteroatoms. The molecule has 0 spiro atoms. The molecule has 0 radical (unpaired) electrons. The van der Waals surface area contributed by atoms with Crippen LogP contribution in [0.5, 0.6) is 0 Å². The number of thioether (sulfide) groups is 1. The Bertz CT molecular complexity index is 617. The van der Waals surface area contributed by atoms with Crippen molar-refractivity contribution in [2.24, 2.45) is 0 Å². The van der Waals surface area contributed by atoms with Gasteiger partial charge in [-0.25, -0.2) is 0 Å². The van der Waals surface area contributed by atoms with Gasteiger partial charge in [0.05, 0.1) is 17.1 Å². The Kier molecular flexibility index (Phi) is 5.17. The lowest BCUT2D eigenvalue weighted by Gasteiger charge is -2.08. The molecule has 0 unspecified atom stereocenters. The fourth-order valence-electron chi connectivity index (χ4n) is 1.51. The van der Waals surface area contributed by atoms with Crippen molar-refractivity contribution >= 4 is 52.2 Å². The number of amides is 1. The van der Waals surface area contributed by atoms with Crippen molar-refractivity contribution in [2.45, 2.75) is 4.90 Å². The van der Waals surface area contributed by atoms with Gasteiger partial charge in [0, 0.05) is 14.9 Å². The Labute approximate surface area is 131 Å². The van der Waals surface area contributed by atoms with Gasteiger partial charge in [0.25, 0.3) is 0 Å². The molecule has 0 saturated heterocycles. The standard InChI is InChI=1S/C14H12Cl2N2OS/c15-9-1-4-11(5-2-9)20-8-14(19)18-13-6-3-10(16)7-12(13)17/h1-7H,8,17H2,(H,18,19). The topological polar surface area (TPSA) is 55.1 Å². The maximum atomic E-state index is 11.8. The van der Waals surface area contributed by atoms with E-state index in [2.05, 4.69) is 5.32 Å². The highest BCUT2D eigenvalue weighted by molar-refractivity contribution is 8.00. The highest BCUT2D eigenvalue weighted by Gasteiger charge is 2.06. The number of hydrogen-bond acceptors (Lipinski definition) is 3. The van der Waals surface area contributed by atoms with Crippen LogP contribution in [0.3, 0.4) is 0 Å². The molecule has 0 aliphatic carbocycles. The van der Waals surface area contributed by atoms with E-state index in [0.29, 0.717) is 27.2 Å². The summed E-state index contributed by atoms with van der Waals surface area (Å²) < 4.78 is 0.